The van der Waals surface area contributed by atoms with Crippen molar-refractivity contribution >= 4 is 5.71 Å². The molecule has 0 spiro atoms. The van der Waals surface area contributed by atoms with E-state index in [0.717, 1.165) is 43.0 Å². The van der Waals surface area contributed by atoms with E-state index in [0.29, 0.717) is 0 Å². The first-order valence-electron chi connectivity index (χ1n) is 11.4. The molecule has 0 aliphatic carbocycles. The molecule has 2 aromatic rings. The highest BCUT2D eigenvalue weighted by Crippen LogP contribution is 2.21. The van der Waals surface area contributed by atoms with E-state index < -0.39 is 0 Å². The number of aryl methyl sites for hydroxylation is 2. The minimum atomic E-state index is 0.777. The van der Waals surface area contributed by atoms with Crippen molar-refractivity contribution in [2.45, 2.75) is 70.8 Å². The zero-order chi connectivity index (χ0) is 20.3. The van der Waals surface area contributed by atoms with E-state index in [2.05, 4.69) is 41.2 Å². The van der Waals surface area contributed by atoms with Crippen molar-refractivity contribution in [1.29, 1.82) is 0 Å². The molecule has 1 aliphatic rings. The second kappa shape index (κ2) is 11.8. The van der Waals surface area contributed by atoms with E-state index in [-0.39, 0.29) is 0 Å². The Kier molecular flexibility index (Phi) is 8.76. The van der Waals surface area contributed by atoms with Crippen LogP contribution in [0.5, 0.6) is 0 Å². The van der Waals surface area contributed by atoms with Crippen molar-refractivity contribution in [3.05, 3.63) is 71.3 Å². The lowest BCUT2D eigenvalue weighted by molar-refractivity contribution is 0.142. The molecule has 1 fully saturated rings. The van der Waals surface area contributed by atoms with Gasteiger partial charge in [-0.2, -0.15) is 0 Å². The summed E-state index contributed by atoms with van der Waals surface area (Å²) in [5, 5.41) is 12.9. The van der Waals surface area contributed by atoms with E-state index in [1.807, 2.05) is 30.3 Å². The van der Waals surface area contributed by atoms with Crippen molar-refractivity contribution in [3.8, 4) is 0 Å². The maximum Gasteiger partial charge on any atom is 0.0867 e. The monoisotopic (exact) mass is 392 g/mol. The van der Waals surface area contributed by atoms with E-state index in [1.54, 1.807) is 0 Å². The molecular formula is C26H36N2O. The summed E-state index contributed by atoms with van der Waals surface area (Å²) >= 11 is 0. The van der Waals surface area contributed by atoms with Crippen LogP contribution in [-0.4, -0.2) is 35.0 Å². The Hall–Kier alpha value is -2.13. The third-order valence-electron chi connectivity index (χ3n) is 6.32. The summed E-state index contributed by atoms with van der Waals surface area (Å²) in [7, 11) is 0. The van der Waals surface area contributed by atoms with Crippen molar-refractivity contribution in [1.82, 2.24) is 4.90 Å². The molecule has 1 atom stereocenters. The Labute approximate surface area is 176 Å². The van der Waals surface area contributed by atoms with Crippen LogP contribution in [0.1, 0.15) is 68.6 Å². The lowest BCUT2D eigenvalue weighted by Gasteiger charge is -2.35. The molecule has 3 rings (SSSR count). The number of rotatable bonds is 10. The number of hydrogen-bond acceptors (Lipinski definition) is 3. The van der Waals surface area contributed by atoms with Crippen LogP contribution in [0.25, 0.3) is 0 Å². The average Bonchev–Trinajstić information content (AvgIpc) is 2.78. The molecule has 1 heterocycles. The largest absolute Gasteiger partial charge is 0.411 e. The summed E-state index contributed by atoms with van der Waals surface area (Å²) in [6.07, 6.45) is 10.6. The van der Waals surface area contributed by atoms with Gasteiger partial charge in [0.15, 0.2) is 0 Å². The highest BCUT2D eigenvalue weighted by Gasteiger charge is 2.20. The first-order chi connectivity index (χ1) is 14.3. The van der Waals surface area contributed by atoms with Gasteiger partial charge in [0, 0.05) is 6.04 Å². The predicted molar refractivity (Wildman–Crippen MR) is 122 cm³/mol. The molecule has 1 N–H and O–H groups in total. The van der Waals surface area contributed by atoms with Gasteiger partial charge in [-0.1, -0.05) is 73.1 Å². The fourth-order valence-electron chi connectivity index (χ4n) is 4.66. The third kappa shape index (κ3) is 6.43. The van der Waals surface area contributed by atoms with Crippen molar-refractivity contribution in [3.63, 3.8) is 0 Å². The average molecular weight is 393 g/mol. The highest BCUT2D eigenvalue weighted by molar-refractivity contribution is 6.00. The SMILES string of the molecule is CCC1CCCCN1CCCc1ccccc1CCCC(=NO)c1ccccc1. The quantitative estimate of drug-likeness (QED) is 0.302. The number of likely N-dealkylation sites (tertiary alicyclic amines) is 1. The van der Waals surface area contributed by atoms with Crippen LogP contribution >= 0.6 is 0 Å². The Morgan fingerprint density at radius 3 is 2.34 bits per heavy atom. The van der Waals surface area contributed by atoms with Crippen LogP contribution in [-0.2, 0) is 12.8 Å². The number of hydrogen-bond donors (Lipinski definition) is 1. The summed E-state index contributed by atoms with van der Waals surface area (Å²) in [6.45, 7) is 4.84. The maximum atomic E-state index is 9.40. The standard InChI is InChI=1S/C26H36N2O/c1-2-25-18-8-9-20-28(25)21-11-17-23-13-7-6-12-22(23)16-10-19-26(27-29)24-14-4-3-5-15-24/h3-7,12-15,25,29H,2,8-11,16-21H2,1H3. The van der Waals surface area contributed by atoms with Crippen LogP contribution in [0.15, 0.2) is 59.8 Å². The Bertz CT molecular complexity index is 756. The van der Waals surface area contributed by atoms with Crippen molar-refractivity contribution < 1.29 is 5.21 Å². The second-order valence-electron chi connectivity index (χ2n) is 8.23. The summed E-state index contributed by atoms with van der Waals surface area (Å²) in [5.74, 6) is 0. The smallest absolute Gasteiger partial charge is 0.0867 e. The Morgan fingerprint density at radius 2 is 1.66 bits per heavy atom. The van der Waals surface area contributed by atoms with E-state index in [9.17, 15) is 5.21 Å². The summed E-state index contributed by atoms with van der Waals surface area (Å²) in [6, 6.07) is 19.6. The van der Waals surface area contributed by atoms with E-state index in [1.165, 1.54) is 56.3 Å². The van der Waals surface area contributed by atoms with Gasteiger partial charge in [0.2, 0.25) is 0 Å². The molecule has 3 nitrogen and oxygen atoms in total. The lowest BCUT2D eigenvalue weighted by atomic mass is 9.96. The third-order valence-corrected chi connectivity index (χ3v) is 6.32. The molecule has 0 bridgehead atoms. The van der Waals surface area contributed by atoms with Crippen molar-refractivity contribution in [2.75, 3.05) is 13.1 Å². The Morgan fingerprint density at radius 1 is 0.966 bits per heavy atom. The summed E-state index contributed by atoms with van der Waals surface area (Å²) < 4.78 is 0. The molecule has 1 aliphatic heterocycles. The number of oxime groups is 1. The molecule has 1 saturated heterocycles. The number of nitrogens with zero attached hydrogens (tertiary/aromatic N) is 2. The van der Waals surface area contributed by atoms with Gasteiger partial charge in [0.05, 0.1) is 5.71 Å². The van der Waals surface area contributed by atoms with E-state index >= 15 is 0 Å². The molecule has 0 radical (unpaired) electrons. The minimum Gasteiger partial charge on any atom is -0.411 e. The number of piperidine rings is 1. The molecule has 2 aromatic carbocycles. The first kappa shape index (κ1) is 21.6. The van der Waals surface area contributed by atoms with Crippen LogP contribution in [0.4, 0.5) is 0 Å². The highest BCUT2D eigenvalue weighted by atomic mass is 16.4. The molecule has 29 heavy (non-hydrogen) atoms. The molecule has 3 heteroatoms. The van der Waals surface area contributed by atoms with Gasteiger partial charge in [-0.15, -0.1) is 0 Å². The van der Waals surface area contributed by atoms with Crippen molar-refractivity contribution in [2.24, 2.45) is 5.16 Å². The second-order valence-corrected chi connectivity index (χ2v) is 8.23. The molecule has 1 unspecified atom stereocenters. The van der Waals surface area contributed by atoms with Crippen LogP contribution in [0.2, 0.25) is 0 Å². The molecule has 0 amide bonds. The van der Waals surface area contributed by atoms with Gasteiger partial charge in [0.25, 0.3) is 0 Å². The maximum absolute atomic E-state index is 9.40. The van der Waals surface area contributed by atoms with E-state index in [4.69, 9.17) is 0 Å². The summed E-state index contributed by atoms with van der Waals surface area (Å²) in [5.41, 5.74) is 4.72. The molecular weight excluding hydrogens is 356 g/mol. The van der Waals surface area contributed by atoms with Gasteiger partial charge in [0.1, 0.15) is 0 Å². The van der Waals surface area contributed by atoms with Crippen LogP contribution < -0.4 is 0 Å². The van der Waals surface area contributed by atoms with Gasteiger partial charge < -0.3 is 10.1 Å². The predicted octanol–water partition coefficient (Wildman–Crippen LogP) is 6.08. The van der Waals surface area contributed by atoms with Gasteiger partial charge in [-0.05, 0) is 81.1 Å². The fourth-order valence-corrected chi connectivity index (χ4v) is 4.66. The zero-order valence-corrected chi connectivity index (χ0v) is 17.9. The van der Waals surface area contributed by atoms with Gasteiger partial charge in [-0.25, -0.2) is 0 Å². The van der Waals surface area contributed by atoms with Crippen LogP contribution in [0.3, 0.4) is 0 Å². The zero-order valence-electron chi connectivity index (χ0n) is 17.9. The van der Waals surface area contributed by atoms with Crippen LogP contribution in [0, 0.1) is 0 Å². The van der Waals surface area contributed by atoms with Gasteiger partial charge >= 0.3 is 0 Å². The van der Waals surface area contributed by atoms with Gasteiger partial charge in [-0.3, -0.25) is 0 Å². The summed E-state index contributed by atoms with van der Waals surface area (Å²) in [4.78, 5) is 2.72. The topological polar surface area (TPSA) is 35.8 Å². The fraction of sp³-hybridized carbons (Fsp3) is 0.500. The minimum absolute atomic E-state index is 0.777. The Balaban J connectivity index is 1.50. The lowest BCUT2D eigenvalue weighted by Crippen LogP contribution is -2.39. The molecule has 156 valence electrons. The normalized spacial score (nSPS) is 18.1. The first-order valence-corrected chi connectivity index (χ1v) is 11.4. The molecule has 0 aromatic heterocycles. The molecule has 0 saturated carbocycles. The number of benzene rings is 2.